The molecule has 0 radical (unpaired) electrons. The summed E-state index contributed by atoms with van der Waals surface area (Å²) in [6.07, 6.45) is 11.0. The Morgan fingerprint density at radius 2 is 0.812 bits per heavy atom. The predicted molar refractivity (Wildman–Crippen MR) is 126 cm³/mol. The summed E-state index contributed by atoms with van der Waals surface area (Å²) in [6.45, 7) is 0. The molecule has 0 bridgehead atoms. The van der Waals surface area contributed by atoms with Crippen molar-refractivity contribution in [3.8, 4) is 34.5 Å². The second kappa shape index (κ2) is 10.8. The van der Waals surface area contributed by atoms with Crippen molar-refractivity contribution in [1.82, 2.24) is 0 Å². The Kier molecular flexibility index (Phi) is 7.92. The highest BCUT2D eigenvalue weighted by Gasteiger charge is 2.26. The molecule has 0 amide bonds. The molecule has 6 heteroatoms. The molecule has 1 fully saturated rings. The highest BCUT2D eigenvalue weighted by Crippen LogP contribution is 2.41. The van der Waals surface area contributed by atoms with Crippen molar-refractivity contribution in [3.05, 3.63) is 47.5 Å². The smallest absolute Gasteiger partial charge is 0.164 e. The molecule has 1 aliphatic rings. The van der Waals surface area contributed by atoms with Crippen LogP contribution in [0.1, 0.15) is 24.0 Å². The Labute approximate surface area is 190 Å². The zero-order valence-corrected chi connectivity index (χ0v) is 19.6. The Morgan fingerprint density at radius 3 is 1.09 bits per heavy atom. The molecule has 2 aromatic carbocycles. The Bertz CT molecular complexity index is 899. The largest absolute Gasteiger partial charge is 0.496 e. The predicted octanol–water partition coefficient (Wildman–Crippen LogP) is 5.49. The monoisotopic (exact) mass is 440 g/mol. The van der Waals surface area contributed by atoms with E-state index in [0.29, 0.717) is 34.8 Å². The maximum Gasteiger partial charge on any atom is 0.164 e. The Morgan fingerprint density at radius 1 is 0.500 bits per heavy atom. The number of ether oxygens (including phenoxy) is 6. The van der Waals surface area contributed by atoms with Crippen LogP contribution < -0.4 is 28.4 Å². The number of rotatable bonds is 10. The summed E-state index contributed by atoms with van der Waals surface area (Å²) in [6, 6.07) is 7.57. The molecule has 2 atom stereocenters. The Balaban J connectivity index is 1.77. The third-order valence-corrected chi connectivity index (χ3v) is 5.90. The minimum absolute atomic E-state index is 0.454. The minimum Gasteiger partial charge on any atom is -0.496 e. The van der Waals surface area contributed by atoms with Crippen molar-refractivity contribution in [2.24, 2.45) is 11.8 Å². The van der Waals surface area contributed by atoms with Crippen LogP contribution >= 0.6 is 0 Å². The third-order valence-electron chi connectivity index (χ3n) is 5.90. The van der Waals surface area contributed by atoms with E-state index < -0.39 is 0 Å². The van der Waals surface area contributed by atoms with Gasteiger partial charge in [0.05, 0.1) is 42.7 Å². The number of benzene rings is 2. The molecule has 0 unspecified atom stereocenters. The topological polar surface area (TPSA) is 55.4 Å². The van der Waals surface area contributed by atoms with E-state index >= 15 is 0 Å². The molecule has 1 aliphatic carbocycles. The average molecular weight is 441 g/mol. The molecule has 2 aromatic rings. The third kappa shape index (κ3) is 4.96. The molecule has 0 aliphatic heterocycles. The molecule has 0 aromatic heterocycles. The molecule has 6 nitrogen and oxygen atoms in total. The van der Waals surface area contributed by atoms with E-state index in [-0.39, 0.29) is 0 Å². The Hall–Kier alpha value is -3.28. The second-order valence-corrected chi connectivity index (χ2v) is 7.52. The van der Waals surface area contributed by atoms with E-state index in [9.17, 15) is 0 Å². The van der Waals surface area contributed by atoms with Gasteiger partial charge in [-0.05, 0) is 36.8 Å². The fraction of sp³-hybridized carbons (Fsp3) is 0.385. The van der Waals surface area contributed by atoms with Gasteiger partial charge in [0.1, 0.15) is 11.5 Å². The molecular weight excluding hydrogens is 408 g/mol. The van der Waals surface area contributed by atoms with Crippen LogP contribution in [0.4, 0.5) is 0 Å². The summed E-state index contributed by atoms with van der Waals surface area (Å²) < 4.78 is 32.7. The zero-order chi connectivity index (χ0) is 23.1. The number of hydrogen-bond donors (Lipinski definition) is 0. The zero-order valence-electron chi connectivity index (χ0n) is 19.6. The normalized spacial score (nSPS) is 17.8. The van der Waals surface area contributed by atoms with Crippen LogP contribution in [0.2, 0.25) is 0 Å². The molecule has 172 valence electrons. The lowest BCUT2D eigenvalue weighted by Crippen LogP contribution is -2.21. The molecule has 0 spiro atoms. The standard InChI is InChI=1S/C26H32O6/c1-27-21-15-25(31-5)23(29-3)13-19(21)11-9-17-7-8-18(17)10-12-20-14-24(30-4)26(32-6)16-22(20)28-2/h9-18H,7-8H2,1-6H3/b11-9+,12-10+/t17-,18-/m0/s1. The minimum atomic E-state index is 0.454. The lowest BCUT2D eigenvalue weighted by molar-refractivity contribution is 0.288. The van der Waals surface area contributed by atoms with Gasteiger partial charge in [0.15, 0.2) is 23.0 Å². The van der Waals surface area contributed by atoms with Crippen LogP contribution in [0.15, 0.2) is 36.4 Å². The summed E-state index contributed by atoms with van der Waals surface area (Å²) in [5.74, 6) is 5.06. The lowest BCUT2D eigenvalue weighted by Gasteiger charge is -2.32. The van der Waals surface area contributed by atoms with Gasteiger partial charge in [0.25, 0.3) is 0 Å². The van der Waals surface area contributed by atoms with Gasteiger partial charge in [-0.3, -0.25) is 0 Å². The van der Waals surface area contributed by atoms with Crippen molar-refractivity contribution in [2.75, 3.05) is 42.7 Å². The van der Waals surface area contributed by atoms with Gasteiger partial charge in [-0.1, -0.05) is 24.3 Å². The highest BCUT2D eigenvalue weighted by atomic mass is 16.5. The summed E-state index contributed by atoms with van der Waals surface area (Å²) in [4.78, 5) is 0. The van der Waals surface area contributed by atoms with E-state index in [1.165, 1.54) is 0 Å². The van der Waals surface area contributed by atoms with Crippen molar-refractivity contribution in [2.45, 2.75) is 12.8 Å². The highest BCUT2D eigenvalue weighted by molar-refractivity contribution is 5.65. The van der Waals surface area contributed by atoms with E-state index in [1.54, 1.807) is 42.7 Å². The lowest BCUT2D eigenvalue weighted by atomic mass is 9.73. The van der Waals surface area contributed by atoms with Gasteiger partial charge < -0.3 is 28.4 Å². The summed E-state index contributed by atoms with van der Waals surface area (Å²) >= 11 is 0. The van der Waals surface area contributed by atoms with Crippen LogP contribution in [0, 0.1) is 11.8 Å². The van der Waals surface area contributed by atoms with Crippen LogP contribution in [0.3, 0.4) is 0 Å². The molecule has 0 heterocycles. The van der Waals surface area contributed by atoms with Gasteiger partial charge in [0, 0.05) is 23.3 Å². The molecule has 0 N–H and O–H groups in total. The quantitative estimate of drug-likeness (QED) is 0.487. The van der Waals surface area contributed by atoms with Gasteiger partial charge in [-0.25, -0.2) is 0 Å². The van der Waals surface area contributed by atoms with Crippen molar-refractivity contribution in [3.63, 3.8) is 0 Å². The van der Waals surface area contributed by atoms with Crippen LogP contribution in [-0.4, -0.2) is 42.7 Å². The van der Waals surface area contributed by atoms with Gasteiger partial charge >= 0.3 is 0 Å². The van der Waals surface area contributed by atoms with Crippen molar-refractivity contribution in [1.29, 1.82) is 0 Å². The summed E-state index contributed by atoms with van der Waals surface area (Å²) in [5.41, 5.74) is 1.92. The van der Waals surface area contributed by atoms with E-state index in [4.69, 9.17) is 28.4 Å². The maximum atomic E-state index is 5.53. The molecular formula is C26H32O6. The van der Waals surface area contributed by atoms with Crippen LogP contribution in [0.5, 0.6) is 34.5 Å². The van der Waals surface area contributed by atoms with Crippen molar-refractivity contribution < 1.29 is 28.4 Å². The van der Waals surface area contributed by atoms with Crippen molar-refractivity contribution >= 4 is 12.2 Å². The number of allylic oxidation sites excluding steroid dienone is 2. The summed E-state index contributed by atoms with van der Waals surface area (Å²) in [5, 5.41) is 0. The maximum absolute atomic E-state index is 5.53. The SMILES string of the molecule is COc1cc(OC)c(OC)cc1/C=C/[C@@H]1CC[C@H]1/C=C/c1cc(OC)c(OC)cc1OC. The molecule has 32 heavy (non-hydrogen) atoms. The fourth-order valence-electron chi connectivity index (χ4n) is 3.85. The van der Waals surface area contributed by atoms with E-state index in [1.807, 2.05) is 24.3 Å². The van der Waals surface area contributed by atoms with Crippen LogP contribution in [-0.2, 0) is 0 Å². The first-order valence-electron chi connectivity index (χ1n) is 10.5. The second-order valence-electron chi connectivity index (χ2n) is 7.52. The van der Waals surface area contributed by atoms with E-state index in [0.717, 1.165) is 35.5 Å². The van der Waals surface area contributed by atoms with Gasteiger partial charge in [-0.15, -0.1) is 0 Å². The molecule has 1 saturated carbocycles. The molecule has 0 saturated heterocycles. The fourth-order valence-corrected chi connectivity index (χ4v) is 3.85. The van der Waals surface area contributed by atoms with Crippen LogP contribution in [0.25, 0.3) is 12.2 Å². The number of hydrogen-bond acceptors (Lipinski definition) is 6. The summed E-state index contributed by atoms with van der Waals surface area (Å²) in [7, 11) is 9.81. The molecule has 3 rings (SSSR count). The van der Waals surface area contributed by atoms with Gasteiger partial charge in [-0.2, -0.15) is 0 Å². The average Bonchev–Trinajstić information content (AvgIpc) is 2.82. The first kappa shape index (κ1) is 23.4. The first-order valence-corrected chi connectivity index (χ1v) is 10.5. The first-order chi connectivity index (χ1) is 15.6. The number of methoxy groups -OCH3 is 6. The van der Waals surface area contributed by atoms with Gasteiger partial charge in [0.2, 0.25) is 0 Å². The van der Waals surface area contributed by atoms with E-state index in [2.05, 4.69) is 24.3 Å².